The van der Waals surface area contributed by atoms with Crippen molar-refractivity contribution in [2.45, 2.75) is 20.3 Å². The molecule has 0 N–H and O–H groups in total. The molecular weight excluding hydrogens is 162 g/mol. The molecule has 0 spiro atoms. The maximum Gasteiger partial charge on any atom is 0.157 e. The third kappa shape index (κ3) is 1.20. The highest BCUT2D eigenvalue weighted by molar-refractivity contribution is 5.78. The molecule has 0 saturated heterocycles. The molecule has 3 nitrogen and oxygen atoms in total. The summed E-state index contributed by atoms with van der Waals surface area (Å²) in [5.41, 5.74) is 3.15. The highest BCUT2D eigenvalue weighted by Gasteiger charge is 2.05. The van der Waals surface area contributed by atoms with Crippen LogP contribution < -0.4 is 0 Å². The van der Waals surface area contributed by atoms with Gasteiger partial charge in [0.05, 0.1) is 5.69 Å². The van der Waals surface area contributed by atoms with Gasteiger partial charge in [-0.05, 0) is 25.5 Å². The van der Waals surface area contributed by atoms with E-state index in [1.165, 1.54) is 0 Å². The highest BCUT2D eigenvalue weighted by atomic mass is 15.3. The monoisotopic (exact) mass is 175 g/mol. The van der Waals surface area contributed by atoms with E-state index in [0.29, 0.717) is 0 Å². The van der Waals surface area contributed by atoms with E-state index in [1.807, 2.05) is 18.7 Å². The zero-order chi connectivity index (χ0) is 9.42. The second-order valence-corrected chi connectivity index (χ2v) is 3.24. The summed E-state index contributed by atoms with van der Waals surface area (Å²) in [4.78, 5) is 4.51. The summed E-state index contributed by atoms with van der Waals surface area (Å²) >= 11 is 0. The van der Waals surface area contributed by atoms with Crippen LogP contribution in [0, 0.1) is 6.92 Å². The van der Waals surface area contributed by atoms with Crippen molar-refractivity contribution in [1.82, 2.24) is 14.8 Å². The standard InChI is InChI=1S/C10H13N3/c1-4-8-5-6-9-7(2)12-13(3)10(9)11-8/h5-6H,4H2,1-3H3. The van der Waals surface area contributed by atoms with E-state index in [9.17, 15) is 0 Å². The van der Waals surface area contributed by atoms with Gasteiger partial charge in [-0.2, -0.15) is 5.10 Å². The number of aromatic nitrogens is 3. The SMILES string of the molecule is CCc1ccc2c(C)nn(C)c2n1. The van der Waals surface area contributed by atoms with Gasteiger partial charge in [-0.3, -0.25) is 4.68 Å². The van der Waals surface area contributed by atoms with Crippen molar-refractivity contribution in [2.24, 2.45) is 7.05 Å². The van der Waals surface area contributed by atoms with Gasteiger partial charge in [0.2, 0.25) is 0 Å². The predicted octanol–water partition coefficient (Wildman–Crippen LogP) is 1.84. The molecule has 0 aliphatic rings. The fourth-order valence-electron chi connectivity index (χ4n) is 1.54. The van der Waals surface area contributed by atoms with Gasteiger partial charge < -0.3 is 0 Å². The molecule has 0 radical (unpaired) electrons. The summed E-state index contributed by atoms with van der Waals surface area (Å²) in [6.45, 7) is 4.12. The second-order valence-electron chi connectivity index (χ2n) is 3.24. The molecule has 3 heteroatoms. The Labute approximate surface area is 77.4 Å². The maximum atomic E-state index is 4.51. The molecule has 0 aliphatic heterocycles. The number of nitrogens with zero attached hydrogens (tertiary/aromatic N) is 3. The average molecular weight is 175 g/mol. The number of hydrogen-bond donors (Lipinski definition) is 0. The molecule has 2 heterocycles. The Kier molecular flexibility index (Phi) is 1.79. The van der Waals surface area contributed by atoms with Crippen LogP contribution in [-0.2, 0) is 13.5 Å². The summed E-state index contributed by atoms with van der Waals surface area (Å²) in [6.07, 6.45) is 0.972. The van der Waals surface area contributed by atoms with Gasteiger partial charge in [-0.1, -0.05) is 6.92 Å². The van der Waals surface area contributed by atoms with Crippen molar-refractivity contribution >= 4 is 11.0 Å². The van der Waals surface area contributed by atoms with E-state index in [-0.39, 0.29) is 0 Å². The van der Waals surface area contributed by atoms with Crippen LogP contribution in [-0.4, -0.2) is 14.8 Å². The number of hydrogen-bond acceptors (Lipinski definition) is 2. The first kappa shape index (κ1) is 8.23. The molecule has 0 saturated carbocycles. The quantitative estimate of drug-likeness (QED) is 0.662. The van der Waals surface area contributed by atoms with Gasteiger partial charge in [-0.15, -0.1) is 0 Å². The summed E-state index contributed by atoms with van der Waals surface area (Å²) in [6, 6.07) is 4.17. The molecule has 0 bridgehead atoms. The van der Waals surface area contributed by atoms with E-state index in [1.54, 1.807) is 0 Å². The summed E-state index contributed by atoms with van der Waals surface area (Å²) in [5, 5.41) is 5.47. The molecule has 2 aromatic rings. The molecular formula is C10H13N3. The Morgan fingerprint density at radius 2 is 2.15 bits per heavy atom. The molecule has 2 aromatic heterocycles. The van der Waals surface area contributed by atoms with Crippen LogP contribution in [0.4, 0.5) is 0 Å². The fourth-order valence-corrected chi connectivity index (χ4v) is 1.54. The van der Waals surface area contributed by atoms with Crippen LogP contribution in [0.15, 0.2) is 12.1 Å². The lowest BCUT2D eigenvalue weighted by Gasteiger charge is -1.96. The number of aryl methyl sites for hydroxylation is 3. The molecule has 0 atom stereocenters. The normalized spacial score (nSPS) is 11.0. The minimum Gasteiger partial charge on any atom is -0.250 e. The van der Waals surface area contributed by atoms with E-state index < -0.39 is 0 Å². The number of pyridine rings is 1. The van der Waals surface area contributed by atoms with Crippen molar-refractivity contribution < 1.29 is 0 Å². The maximum absolute atomic E-state index is 4.51. The van der Waals surface area contributed by atoms with Crippen molar-refractivity contribution in [2.75, 3.05) is 0 Å². The second kappa shape index (κ2) is 2.83. The van der Waals surface area contributed by atoms with Crippen LogP contribution in [0.3, 0.4) is 0 Å². The highest BCUT2D eigenvalue weighted by Crippen LogP contribution is 2.15. The molecule has 0 aromatic carbocycles. The van der Waals surface area contributed by atoms with E-state index in [0.717, 1.165) is 28.8 Å². The lowest BCUT2D eigenvalue weighted by Crippen LogP contribution is -1.94. The van der Waals surface area contributed by atoms with Crippen LogP contribution in [0.1, 0.15) is 18.3 Å². The van der Waals surface area contributed by atoms with Gasteiger partial charge in [0.25, 0.3) is 0 Å². The first-order valence-electron chi connectivity index (χ1n) is 4.51. The minimum absolute atomic E-state index is 0.972. The summed E-state index contributed by atoms with van der Waals surface area (Å²) in [7, 11) is 1.93. The molecule has 0 unspecified atom stereocenters. The van der Waals surface area contributed by atoms with Crippen molar-refractivity contribution in [3.05, 3.63) is 23.5 Å². The number of fused-ring (bicyclic) bond motifs is 1. The van der Waals surface area contributed by atoms with Crippen molar-refractivity contribution in [3.8, 4) is 0 Å². The molecule has 0 amide bonds. The summed E-state index contributed by atoms with van der Waals surface area (Å²) in [5.74, 6) is 0. The predicted molar refractivity (Wildman–Crippen MR) is 52.6 cm³/mol. The molecule has 2 rings (SSSR count). The lowest BCUT2D eigenvalue weighted by molar-refractivity contribution is 0.771. The van der Waals surface area contributed by atoms with Gasteiger partial charge in [-0.25, -0.2) is 4.98 Å². The zero-order valence-electron chi connectivity index (χ0n) is 8.20. The molecule has 0 aliphatic carbocycles. The summed E-state index contributed by atoms with van der Waals surface area (Å²) < 4.78 is 1.84. The Morgan fingerprint density at radius 3 is 2.85 bits per heavy atom. The third-order valence-electron chi connectivity index (χ3n) is 2.29. The van der Waals surface area contributed by atoms with Crippen molar-refractivity contribution in [1.29, 1.82) is 0 Å². The third-order valence-corrected chi connectivity index (χ3v) is 2.29. The minimum atomic E-state index is 0.972. The lowest BCUT2D eigenvalue weighted by atomic mass is 10.2. The van der Waals surface area contributed by atoms with Gasteiger partial charge >= 0.3 is 0 Å². The van der Waals surface area contributed by atoms with E-state index in [4.69, 9.17) is 0 Å². The zero-order valence-corrected chi connectivity index (χ0v) is 8.20. The van der Waals surface area contributed by atoms with Gasteiger partial charge in [0.1, 0.15) is 0 Å². The van der Waals surface area contributed by atoms with Crippen molar-refractivity contribution in [3.63, 3.8) is 0 Å². The topological polar surface area (TPSA) is 30.7 Å². The first-order chi connectivity index (χ1) is 6.22. The Bertz CT molecular complexity index is 443. The largest absolute Gasteiger partial charge is 0.250 e. The van der Waals surface area contributed by atoms with Crippen LogP contribution in [0.25, 0.3) is 11.0 Å². The average Bonchev–Trinajstić information content (AvgIpc) is 2.42. The Hall–Kier alpha value is -1.38. The van der Waals surface area contributed by atoms with E-state index in [2.05, 4.69) is 29.1 Å². The molecule has 0 fully saturated rings. The fraction of sp³-hybridized carbons (Fsp3) is 0.400. The first-order valence-corrected chi connectivity index (χ1v) is 4.51. The van der Waals surface area contributed by atoms with Crippen LogP contribution in [0.2, 0.25) is 0 Å². The van der Waals surface area contributed by atoms with Gasteiger partial charge in [0.15, 0.2) is 5.65 Å². The van der Waals surface area contributed by atoms with Gasteiger partial charge in [0, 0.05) is 18.1 Å². The Morgan fingerprint density at radius 1 is 1.38 bits per heavy atom. The van der Waals surface area contributed by atoms with Crippen LogP contribution >= 0.6 is 0 Å². The molecule has 68 valence electrons. The smallest absolute Gasteiger partial charge is 0.157 e. The number of rotatable bonds is 1. The van der Waals surface area contributed by atoms with E-state index >= 15 is 0 Å². The molecule has 13 heavy (non-hydrogen) atoms. The van der Waals surface area contributed by atoms with Crippen LogP contribution in [0.5, 0.6) is 0 Å². The Balaban J connectivity index is 2.76.